The molecule has 0 saturated carbocycles. The Hall–Kier alpha value is -2.01. The molecule has 1 aromatic carbocycles. The smallest absolute Gasteiger partial charge is 0.313 e. The van der Waals surface area contributed by atoms with Crippen LogP contribution in [-0.4, -0.2) is 16.7 Å². The highest BCUT2D eigenvalue weighted by Crippen LogP contribution is 2.18. The van der Waals surface area contributed by atoms with Gasteiger partial charge in [0, 0.05) is 0 Å². The van der Waals surface area contributed by atoms with Crippen LogP contribution in [-0.2, 0) is 4.84 Å². The van der Waals surface area contributed by atoms with E-state index in [2.05, 4.69) is 10.1 Å². The lowest BCUT2D eigenvalue weighted by Crippen LogP contribution is -2.03. The van der Waals surface area contributed by atoms with Gasteiger partial charge in [-0.2, -0.15) is 0 Å². The van der Waals surface area contributed by atoms with Gasteiger partial charge < -0.3 is 4.84 Å². The molecule has 0 unspecified atom stereocenters. The fraction of sp³-hybridized carbons (Fsp3) is 0.267. The summed E-state index contributed by atoms with van der Waals surface area (Å²) >= 11 is 1.54. The third kappa shape index (κ3) is 3.30. The van der Waals surface area contributed by atoms with E-state index in [1.54, 1.807) is 12.1 Å². The van der Waals surface area contributed by atoms with Crippen LogP contribution in [0.2, 0.25) is 0 Å². The molecule has 2 aromatic rings. The van der Waals surface area contributed by atoms with Gasteiger partial charge in [0.25, 0.3) is 0 Å². The molecular weight excluding hydrogens is 272 g/mol. The van der Waals surface area contributed by atoms with Crippen LogP contribution in [0.5, 0.6) is 0 Å². The molecule has 0 bridgehead atoms. The molecule has 0 aliphatic heterocycles. The van der Waals surface area contributed by atoms with Crippen molar-refractivity contribution in [3.05, 3.63) is 51.0 Å². The van der Waals surface area contributed by atoms with Gasteiger partial charge in [0.15, 0.2) is 0 Å². The first-order valence-corrected chi connectivity index (χ1v) is 7.06. The minimum Gasteiger partial charge on any atom is -0.313 e. The van der Waals surface area contributed by atoms with Crippen molar-refractivity contribution in [1.82, 2.24) is 4.98 Å². The highest BCUT2D eigenvalue weighted by molar-refractivity contribution is 7.13. The molecule has 0 atom stereocenters. The number of hydrogen-bond acceptors (Lipinski definition) is 5. The van der Waals surface area contributed by atoms with E-state index in [0.29, 0.717) is 11.3 Å². The van der Waals surface area contributed by atoms with Crippen LogP contribution in [0.4, 0.5) is 0 Å². The Morgan fingerprint density at radius 2 is 1.85 bits per heavy atom. The van der Waals surface area contributed by atoms with Gasteiger partial charge in [0.2, 0.25) is 0 Å². The number of hydrogen-bond donors (Lipinski definition) is 0. The second-order valence-electron chi connectivity index (χ2n) is 4.57. The van der Waals surface area contributed by atoms with Crippen molar-refractivity contribution >= 4 is 23.0 Å². The quantitative estimate of drug-likeness (QED) is 0.492. The molecular formula is C15H16N2O2S. The largest absolute Gasteiger partial charge is 0.365 e. The van der Waals surface area contributed by atoms with Crippen LogP contribution in [0.3, 0.4) is 0 Å². The van der Waals surface area contributed by atoms with Crippen LogP contribution in [0.1, 0.15) is 38.4 Å². The second-order valence-corrected chi connectivity index (χ2v) is 5.77. The average Bonchev–Trinajstić information content (AvgIpc) is 2.75. The lowest BCUT2D eigenvalue weighted by atomic mass is 10.2. The number of carbonyl (C=O) groups is 1. The zero-order valence-electron chi connectivity index (χ0n) is 11.9. The summed E-state index contributed by atoms with van der Waals surface area (Å²) in [6, 6.07) is 7.18. The van der Waals surface area contributed by atoms with Crippen molar-refractivity contribution in [2.45, 2.75) is 27.7 Å². The van der Waals surface area contributed by atoms with E-state index >= 15 is 0 Å². The maximum absolute atomic E-state index is 11.8. The lowest BCUT2D eigenvalue weighted by Gasteiger charge is -2.00. The summed E-state index contributed by atoms with van der Waals surface area (Å²) in [5.41, 5.74) is 3.15. The van der Waals surface area contributed by atoms with Gasteiger partial charge in [-0.1, -0.05) is 22.9 Å². The summed E-state index contributed by atoms with van der Waals surface area (Å²) in [5.74, 6) is -0.455. The Kier molecular flexibility index (Phi) is 4.29. The topological polar surface area (TPSA) is 51.5 Å². The number of rotatable bonds is 3. The molecule has 0 fully saturated rings. The van der Waals surface area contributed by atoms with Gasteiger partial charge in [-0.15, -0.1) is 11.3 Å². The molecule has 20 heavy (non-hydrogen) atoms. The van der Waals surface area contributed by atoms with Crippen LogP contribution in [0.25, 0.3) is 0 Å². The molecule has 0 radical (unpaired) electrons. The van der Waals surface area contributed by atoms with Gasteiger partial charge in [-0.05, 0) is 39.8 Å². The number of nitrogens with zero attached hydrogens (tertiary/aromatic N) is 2. The third-order valence-corrected chi connectivity index (χ3v) is 3.97. The van der Waals surface area contributed by atoms with E-state index in [1.807, 2.05) is 39.8 Å². The van der Waals surface area contributed by atoms with E-state index in [4.69, 9.17) is 4.84 Å². The number of oxime groups is 1. The van der Waals surface area contributed by atoms with E-state index in [1.165, 1.54) is 11.3 Å². The fourth-order valence-corrected chi connectivity index (χ4v) is 2.62. The Morgan fingerprint density at radius 3 is 2.40 bits per heavy atom. The number of thiazole rings is 1. The minimum atomic E-state index is -0.455. The molecule has 0 amide bonds. The van der Waals surface area contributed by atoms with Crippen molar-refractivity contribution in [3.63, 3.8) is 0 Å². The molecule has 0 spiro atoms. The monoisotopic (exact) mass is 288 g/mol. The zero-order chi connectivity index (χ0) is 14.7. The van der Waals surface area contributed by atoms with Crippen molar-refractivity contribution in [3.8, 4) is 0 Å². The standard InChI is InChI=1S/C15H16N2O2S/c1-9-5-7-13(8-6-9)15(18)19-17-11(3)14-10(2)16-12(4)20-14/h5-8H,1-4H3/b17-11-. The number of aryl methyl sites for hydroxylation is 3. The highest BCUT2D eigenvalue weighted by Gasteiger charge is 2.10. The summed E-state index contributed by atoms with van der Waals surface area (Å²) in [4.78, 5) is 22.1. The van der Waals surface area contributed by atoms with Gasteiger partial charge in [0.05, 0.1) is 26.9 Å². The molecule has 0 N–H and O–H groups in total. The first-order chi connectivity index (χ1) is 9.47. The average molecular weight is 288 g/mol. The number of benzene rings is 1. The summed E-state index contributed by atoms with van der Waals surface area (Å²) < 4.78 is 0. The van der Waals surface area contributed by atoms with Crippen LogP contribution < -0.4 is 0 Å². The van der Waals surface area contributed by atoms with Crippen molar-refractivity contribution in [2.75, 3.05) is 0 Å². The maximum atomic E-state index is 11.8. The Balaban J connectivity index is 2.10. The molecule has 1 aromatic heterocycles. The summed E-state index contributed by atoms with van der Waals surface area (Å²) in [6.07, 6.45) is 0. The summed E-state index contributed by atoms with van der Waals surface area (Å²) in [6.45, 7) is 7.63. The van der Waals surface area contributed by atoms with Crippen LogP contribution in [0, 0.1) is 20.8 Å². The Morgan fingerprint density at radius 1 is 1.20 bits per heavy atom. The van der Waals surface area contributed by atoms with Crippen LogP contribution >= 0.6 is 11.3 Å². The van der Waals surface area contributed by atoms with E-state index < -0.39 is 5.97 Å². The highest BCUT2D eigenvalue weighted by atomic mass is 32.1. The normalized spacial score (nSPS) is 11.5. The van der Waals surface area contributed by atoms with Crippen LogP contribution in [0.15, 0.2) is 29.4 Å². The van der Waals surface area contributed by atoms with Crippen molar-refractivity contribution in [1.29, 1.82) is 0 Å². The van der Waals surface area contributed by atoms with Crippen molar-refractivity contribution < 1.29 is 9.63 Å². The Labute approximate surface area is 122 Å². The van der Waals surface area contributed by atoms with E-state index in [0.717, 1.165) is 21.1 Å². The van der Waals surface area contributed by atoms with E-state index in [9.17, 15) is 4.79 Å². The predicted molar refractivity (Wildman–Crippen MR) is 80.4 cm³/mol. The van der Waals surface area contributed by atoms with E-state index in [-0.39, 0.29) is 0 Å². The number of carbonyl (C=O) groups excluding carboxylic acids is 1. The van der Waals surface area contributed by atoms with Crippen molar-refractivity contribution in [2.24, 2.45) is 5.16 Å². The number of aromatic nitrogens is 1. The first-order valence-electron chi connectivity index (χ1n) is 6.24. The molecule has 0 aliphatic rings. The van der Waals surface area contributed by atoms with Gasteiger partial charge in [0.1, 0.15) is 0 Å². The SMILES string of the molecule is C/C(=N/OC(=O)c1ccc(C)cc1)c1sc(C)nc1C. The maximum Gasteiger partial charge on any atom is 0.365 e. The predicted octanol–water partition coefficient (Wildman–Crippen LogP) is 3.65. The second kappa shape index (κ2) is 5.96. The van der Waals surface area contributed by atoms with Gasteiger partial charge >= 0.3 is 5.97 Å². The molecule has 2 rings (SSSR count). The first kappa shape index (κ1) is 14.4. The van der Waals surface area contributed by atoms with Gasteiger partial charge in [-0.25, -0.2) is 9.78 Å². The fourth-order valence-electron chi connectivity index (χ4n) is 1.76. The minimum absolute atomic E-state index is 0.455. The molecule has 104 valence electrons. The van der Waals surface area contributed by atoms with Gasteiger partial charge in [-0.3, -0.25) is 0 Å². The Bertz CT molecular complexity index is 657. The summed E-state index contributed by atoms with van der Waals surface area (Å²) in [5, 5.41) is 4.87. The molecule has 0 saturated heterocycles. The lowest BCUT2D eigenvalue weighted by molar-refractivity contribution is 0.0516. The molecule has 0 aliphatic carbocycles. The zero-order valence-corrected chi connectivity index (χ0v) is 12.7. The molecule has 4 nitrogen and oxygen atoms in total. The molecule has 1 heterocycles. The third-order valence-electron chi connectivity index (χ3n) is 2.78. The summed E-state index contributed by atoms with van der Waals surface area (Å²) in [7, 11) is 0. The molecule has 5 heteroatoms.